The molecular formula is C9H14O2. The molecule has 0 aromatic carbocycles. The highest BCUT2D eigenvalue weighted by molar-refractivity contribution is 5.99. The van der Waals surface area contributed by atoms with E-state index in [0.29, 0.717) is 6.42 Å². The van der Waals surface area contributed by atoms with Gasteiger partial charge < -0.3 is 0 Å². The average Bonchev–Trinajstić information content (AvgIpc) is 1.99. The van der Waals surface area contributed by atoms with Crippen molar-refractivity contribution in [2.45, 2.75) is 27.2 Å². The van der Waals surface area contributed by atoms with Gasteiger partial charge in [0.2, 0.25) is 0 Å². The Balaban J connectivity index is 3.93. The molecule has 0 bridgehead atoms. The first-order valence-corrected chi connectivity index (χ1v) is 3.82. The molecule has 0 heterocycles. The Hall–Kier alpha value is -0.920. The molecule has 0 unspecified atom stereocenters. The van der Waals surface area contributed by atoms with E-state index in [1.807, 2.05) is 13.8 Å². The normalized spacial score (nSPS) is 10.9. The van der Waals surface area contributed by atoms with Crippen LogP contribution in [-0.4, -0.2) is 11.6 Å². The lowest BCUT2D eigenvalue weighted by Gasteiger charge is -1.94. The zero-order valence-electron chi connectivity index (χ0n) is 7.26. The molecule has 11 heavy (non-hydrogen) atoms. The van der Waals surface area contributed by atoms with E-state index in [1.165, 1.54) is 12.2 Å². The van der Waals surface area contributed by atoms with Gasteiger partial charge >= 0.3 is 0 Å². The number of carbonyl (C=O) groups excluding carboxylic acids is 2. The summed E-state index contributed by atoms with van der Waals surface area (Å²) in [7, 11) is 0. The van der Waals surface area contributed by atoms with Gasteiger partial charge in [0, 0.05) is 12.3 Å². The lowest BCUT2D eigenvalue weighted by atomic mass is 10.1. The summed E-state index contributed by atoms with van der Waals surface area (Å²) in [6.45, 7) is 5.39. The smallest absolute Gasteiger partial charge is 0.158 e. The second-order valence-corrected chi connectivity index (χ2v) is 2.71. The van der Waals surface area contributed by atoms with Crippen molar-refractivity contribution in [2.75, 3.05) is 0 Å². The first-order chi connectivity index (χ1) is 5.07. The summed E-state index contributed by atoms with van der Waals surface area (Å²) < 4.78 is 0. The summed E-state index contributed by atoms with van der Waals surface area (Å²) in [6.07, 6.45) is 3.17. The lowest BCUT2D eigenvalue weighted by molar-refractivity contribution is -0.118. The van der Waals surface area contributed by atoms with Crippen LogP contribution >= 0.6 is 0 Å². The van der Waals surface area contributed by atoms with Crippen molar-refractivity contribution >= 4 is 11.6 Å². The quantitative estimate of drug-likeness (QED) is 0.578. The number of allylic oxidation sites excluding steroid dienone is 2. The SMILES string of the molecule is CCC(=O)C=CC(=O)C(C)C. The lowest BCUT2D eigenvalue weighted by Crippen LogP contribution is -2.03. The molecule has 0 spiro atoms. The van der Waals surface area contributed by atoms with Crippen molar-refractivity contribution in [1.29, 1.82) is 0 Å². The van der Waals surface area contributed by atoms with Gasteiger partial charge in [-0.15, -0.1) is 0 Å². The Bertz CT molecular complexity index is 178. The van der Waals surface area contributed by atoms with Crippen LogP contribution in [0.2, 0.25) is 0 Å². The molecule has 2 heteroatoms. The van der Waals surface area contributed by atoms with Crippen molar-refractivity contribution in [3.63, 3.8) is 0 Å². The number of carbonyl (C=O) groups is 2. The van der Waals surface area contributed by atoms with E-state index in [0.717, 1.165) is 0 Å². The van der Waals surface area contributed by atoms with Crippen LogP contribution < -0.4 is 0 Å². The van der Waals surface area contributed by atoms with Crippen molar-refractivity contribution in [3.05, 3.63) is 12.2 Å². The molecule has 0 aliphatic carbocycles. The molecule has 0 aliphatic rings. The Morgan fingerprint density at radius 1 is 1.27 bits per heavy atom. The van der Waals surface area contributed by atoms with Crippen LogP contribution in [0.15, 0.2) is 12.2 Å². The highest BCUT2D eigenvalue weighted by atomic mass is 16.1. The van der Waals surface area contributed by atoms with Gasteiger partial charge in [-0.25, -0.2) is 0 Å². The van der Waals surface area contributed by atoms with Crippen LogP contribution in [0.25, 0.3) is 0 Å². The minimum Gasteiger partial charge on any atom is -0.295 e. The van der Waals surface area contributed by atoms with E-state index in [4.69, 9.17) is 0 Å². The summed E-state index contributed by atoms with van der Waals surface area (Å²) in [6, 6.07) is 0. The molecule has 0 aromatic heterocycles. The largest absolute Gasteiger partial charge is 0.295 e. The second kappa shape index (κ2) is 4.83. The van der Waals surface area contributed by atoms with Gasteiger partial charge in [0.1, 0.15) is 0 Å². The highest BCUT2D eigenvalue weighted by Crippen LogP contribution is 1.95. The van der Waals surface area contributed by atoms with Gasteiger partial charge in [-0.2, -0.15) is 0 Å². The standard InChI is InChI=1S/C9H14O2/c1-4-8(10)5-6-9(11)7(2)3/h5-7H,4H2,1-3H3. The summed E-state index contributed by atoms with van der Waals surface area (Å²) in [5.41, 5.74) is 0. The zero-order chi connectivity index (χ0) is 8.85. The number of hydrogen-bond donors (Lipinski definition) is 0. The molecule has 0 aliphatic heterocycles. The Morgan fingerprint density at radius 2 is 1.82 bits per heavy atom. The maximum Gasteiger partial charge on any atom is 0.158 e. The van der Waals surface area contributed by atoms with Crippen LogP contribution in [0.1, 0.15) is 27.2 Å². The Kier molecular flexibility index (Phi) is 4.42. The fourth-order valence-electron chi connectivity index (χ4n) is 0.485. The third-order valence-corrected chi connectivity index (χ3v) is 1.35. The van der Waals surface area contributed by atoms with Crippen LogP contribution in [-0.2, 0) is 9.59 Å². The number of ketones is 2. The molecule has 2 nitrogen and oxygen atoms in total. The van der Waals surface area contributed by atoms with Crippen molar-refractivity contribution < 1.29 is 9.59 Å². The van der Waals surface area contributed by atoms with Gasteiger partial charge in [0.05, 0.1) is 0 Å². The Labute approximate surface area is 67.3 Å². The van der Waals surface area contributed by atoms with Crippen LogP contribution in [0.4, 0.5) is 0 Å². The maximum absolute atomic E-state index is 10.9. The molecule has 62 valence electrons. The highest BCUT2D eigenvalue weighted by Gasteiger charge is 2.01. The third kappa shape index (κ3) is 4.48. The van der Waals surface area contributed by atoms with E-state index in [-0.39, 0.29) is 17.5 Å². The van der Waals surface area contributed by atoms with Crippen LogP contribution in [0.5, 0.6) is 0 Å². The Morgan fingerprint density at radius 3 is 2.18 bits per heavy atom. The van der Waals surface area contributed by atoms with E-state index >= 15 is 0 Å². The minimum atomic E-state index is -0.0177. The van der Waals surface area contributed by atoms with Gasteiger partial charge in [-0.3, -0.25) is 9.59 Å². The fraction of sp³-hybridized carbons (Fsp3) is 0.556. The molecule has 0 rings (SSSR count). The predicted octanol–water partition coefficient (Wildman–Crippen LogP) is 1.75. The molecule has 0 N–H and O–H groups in total. The average molecular weight is 154 g/mol. The topological polar surface area (TPSA) is 34.1 Å². The fourth-order valence-corrected chi connectivity index (χ4v) is 0.485. The molecule has 0 atom stereocenters. The molecule has 0 fully saturated rings. The molecule has 0 aromatic rings. The number of rotatable bonds is 4. The predicted molar refractivity (Wildman–Crippen MR) is 44.3 cm³/mol. The van der Waals surface area contributed by atoms with Gasteiger partial charge in [-0.1, -0.05) is 20.8 Å². The van der Waals surface area contributed by atoms with E-state index in [2.05, 4.69) is 0 Å². The van der Waals surface area contributed by atoms with Gasteiger partial charge in [0.15, 0.2) is 11.6 Å². The molecular weight excluding hydrogens is 140 g/mol. The van der Waals surface area contributed by atoms with E-state index in [9.17, 15) is 9.59 Å². The second-order valence-electron chi connectivity index (χ2n) is 2.71. The van der Waals surface area contributed by atoms with Gasteiger partial charge in [0.25, 0.3) is 0 Å². The first kappa shape index (κ1) is 10.1. The van der Waals surface area contributed by atoms with Crippen LogP contribution in [0, 0.1) is 5.92 Å². The summed E-state index contributed by atoms with van der Waals surface area (Å²) in [5.74, 6) is -0.0123. The summed E-state index contributed by atoms with van der Waals surface area (Å²) in [5, 5.41) is 0. The zero-order valence-corrected chi connectivity index (χ0v) is 7.26. The van der Waals surface area contributed by atoms with E-state index in [1.54, 1.807) is 6.92 Å². The summed E-state index contributed by atoms with van der Waals surface area (Å²) in [4.78, 5) is 21.6. The molecule has 0 radical (unpaired) electrons. The van der Waals surface area contributed by atoms with Gasteiger partial charge in [-0.05, 0) is 12.2 Å². The number of hydrogen-bond acceptors (Lipinski definition) is 2. The maximum atomic E-state index is 10.9. The molecule has 0 saturated heterocycles. The van der Waals surface area contributed by atoms with Crippen LogP contribution in [0.3, 0.4) is 0 Å². The molecule has 0 saturated carbocycles. The monoisotopic (exact) mass is 154 g/mol. The molecule has 0 amide bonds. The summed E-state index contributed by atoms with van der Waals surface area (Å²) >= 11 is 0. The minimum absolute atomic E-state index is 0.000926. The van der Waals surface area contributed by atoms with Crippen molar-refractivity contribution in [2.24, 2.45) is 5.92 Å². The van der Waals surface area contributed by atoms with Crippen molar-refractivity contribution in [1.82, 2.24) is 0 Å². The van der Waals surface area contributed by atoms with Crippen molar-refractivity contribution in [3.8, 4) is 0 Å². The first-order valence-electron chi connectivity index (χ1n) is 3.82. The van der Waals surface area contributed by atoms with E-state index < -0.39 is 0 Å². The third-order valence-electron chi connectivity index (χ3n) is 1.35.